The van der Waals surface area contributed by atoms with Gasteiger partial charge in [0, 0.05) is 31.4 Å². The van der Waals surface area contributed by atoms with Crippen LogP contribution in [0.3, 0.4) is 0 Å². The van der Waals surface area contributed by atoms with Gasteiger partial charge in [-0.1, -0.05) is 67.6 Å². The highest BCUT2D eigenvalue weighted by Gasteiger charge is 2.28. The summed E-state index contributed by atoms with van der Waals surface area (Å²) in [6.45, 7) is 4.04. The van der Waals surface area contributed by atoms with Gasteiger partial charge in [-0.25, -0.2) is 0 Å². The van der Waals surface area contributed by atoms with E-state index in [0.717, 1.165) is 53.0 Å². The lowest BCUT2D eigenvalue weighted by molar-refractivity contribution is 0.0713. The van der Waals surface area contributed by atoms with Crippen molar-refractivity contribution in [1.29, 1.82) is 0 Å². The Balaban J connectivity index is 1.42. The molecule has 1 atom stereocenters. The van der Waals surface area contributed by atoms with Crippen molar-refractivity contribution in [2.24, 2.45) is 0 Å². The minimum absolute atomic E-state index is 0.0208. The van der Waals surface area contributed by atoms with Crippen molar-refractivity contribution in [2.45, 2.75) is 44.8 Å². The Morgan fingerprint density at radius 3 is 2.49 bits per heavy atom. The second kappa shape index (κ2) is 10.6. The first kappa shape index (κ1) is 23.5. The van der Waals surface area contributed by atoms with Gasteiger partial charge in [0.2, 0.25) is 0 Å². The summed E-state index contributed by atoms with van der Waals surface area (Å²) in [5.41, 5.74) is 5.52. The third-order valence-corrected chi connectivity index (χ3v) is 7.96. The van der Waals surface area contributed by atoms with E-state index in [4.69, 9.17) is 0 Å². The van der Waals surface area contributed by atoms with E-state index < -0.39 is 6.10 Å². The molecule has 35 heavy (non-hydrogen) atoms. The van der Waals surface area contributed by atoms with Gasteiger partial charge in [0.25, 0.3) is 5.91 Å². The van der Waals surface area contributed by atoms with Crippen molar-refractivity contribution in [3.8, 4) is 0 Å². The fourth-order valence-electron chi connectivity index (χ4n) is 4.88. The topological polar surface area (TPSA) is 65.5 Å². The van der Waals surface area contributed by atoms with E-state index in [0.29, 0.717) is 24.4 Å². The van der Waals surface area contributed by atoms with Crippen molar-refractivity contribution >= 4 is 33.1 Å². The first-order valence-corrected chi connectivity index (χ1v) is 13.2. The van der Waals surface area contributed by atoms with Crippen LogP contribution >= 0.6 is 11.3 Å². The minimum Gasteiger partial charge on any atom is -0.388 e. The average molecular weight is 486 g/mol. The van der Waals surface area contributed by atoms with Crippen LogP contribution in [-0.2, 0) is 6.54 Å². The van der Waals surface area contributed by atoms with Gasteiger partial charge in [0.1, 0.15) is 0 Å². The monoisotopic (exact) mass is 485 g/mol. The Kier molecular flexibility index (Phi) is 7.11. The number of nitrogens with zero attached hydrogens (tertiary/aromatic N) is 2. The van der Waals surface area contributed by atoms with Crippen LogP contribution in [-0.4, -0.2) is 34.0 Å². The van der Waals surface area contributed by atoms with E-state index >= 15 is 0 Å². The molecular formula is C29H31N3O2S. The maximum Gasteiger partial charge on any atom is 0.257 e. The minimum atomic E-state index is -0.559. The number of carbonyl (C=O) groups excluding carboxylic acids is 1. The van der Waals surface area contributed by atoms with Gasteiger partial charge in [-0.2, -0.15) is 0 Å². The number of aliphatic hydroxyl groups is 1. The van der Waals surface area contributed by atoms with E-state index in [1.807, 2.05) is 41.5 Å². The number of aliphatic hydroxyl groups excluding tert-OH is 1. The van der Waals surface area contributed by atoms with Gasteiger partial charge in [-0.15, -0.1) is 11.3 Å². The van der Waals surface area contributed by atoms with Gasteiger partial charge in [-0.3, -0.25) is 9.78 Å². The van der Waals surface area contributed by atoms with E-state index in [2.05, 4.69) is 46.7 Å². The maximum absolute atomic E-state index is 13.7. The summed E-state index contributed by atoms with van der Waals surface area (Å²) in [4.78, 5) is 20.3. The number of rotatable bonds is 7. The summed E-state index contributed by atoms with van der Waals surface area (Å²) >= 11 is 1.54. The Morgan fingerprint density at radius 1 is 1.11 bits per heavy atom. The zero-order chi connectivity index (χ0) is 24.2. The normalized spacial score (nSPS) is 15.3. The highest BCUT2D eigenvalue weighted by atomic mass is 32.1. The Morgan fingerprint density at radius 2 is 1.80 bits per heavy atom. The van der Waals surface area contributed by atoms with Gasteiger partial charge >= 0.3 is 0 Å². The zero-order valence-corrected chi connectivity index (χ0v) is 20.8. The van der Waals surface area contributed by atoms with E-state index in [9.17, 15) is 9.90 Å². The second-order valence-corrected chi connectivity index (χ2v) is 10.0. The summed E-state index contributed by atoms with van der Waals surface area (Å²) in [7, 11) is 0. The quantitative estimate of drug-likeness (QED) is 0.319. The molecule has 3 heterocycles. The number of anilines is 1. The molecular weight excluding hydrogens is 454 g/mol. The summed E-state index contributed by atoms with van der Waals surface area (Å²) in [6, 6.07) is 20.8. The number of hydrogen-bond donors (Lipinski definition) is 2. The van der Waals surface area contributed by atoms with Gasteiger partial charge in [0.15, 0.2) is 0 Å². The summed E-state index contributed by atoms with van der Waals surface area (Å²) in [5, 5.41) is 16.0. The van der Waals surface area contributed by atoms with Gasteiger partial charge < -0.3 is 15.3 Å². The molecule has 1 unspecified atom stereocenters. The van der Waals surface area contributed by atoms with Crippen LogP contribution in [0, 0.1) is 0 Å². The molecule has 2 aromatic heterocycles. The lowest BCUT2D eigenvalue weighted by Crippen LogP contribution is -2.38. The standard InChI is InChI=1S/C29H31N3O2S/c1-2-25(33)24-19-35-28-26(30-17-20-9-5-3-6-10-20)23(18-31-27(24)28)29(34)32-15-13-22(14-16-32)21-11-7-4-8-12-21/h3-12,18-19,22,25,33H,2,13-17H2,1H3,(H,30,31). The number of pyridine rings is 1. The fourth-order valence-corrected chi connectivity index (χ4v) is 5.98. The molecule has 4 aromatic rings. The van der Waals surface area contributed by atoms with Crippen molar-refractivity contribution < 1.29 is 9.90 Å². The van der Waals surface area contributed by atoms with Crippen LogP contribution in [0.5, 0.6) is 0 Å². The predicted octanol–water partition coefficient (Wildman–Crippen LogP) is 6.37. The maximum atomic E-state index is 13.7. The van der Waals surface area contributed by atoms with Crippen LogP contribution < -0.4 is 5.32 Å². The first-order valence-electron chi connectivity index (χ1n) is 12.4. The first-order chi connectivity index (χ1) is 17.2. The van der Waals surface area contributed by atoms with Gasteiger partial charge in [0.05, 0.1) is 27.6 Å². The van der Waals surface area contributed by atoms with Crippen LogP contribution in [0.4, 0.5) is 5.69 Å². The third kappa shape index (κ3) is 4.95. The molecule has 1 aliphatic rings. The number of amides is 1. The van der Waals surface area contributed by atoms with Crippen molar-refractivity contribution in [3.63, 3.8) is 0 Å². The van der Waals surface area contributed by atoms with Crippen LogP contribution in [0.2, 0.25) is 0 Å². The van der Waals surface area contributed by atoms with E-state index in [1.54, 1.807) is 6.20 Å². The number of hydrogen-bond acceptors (Lipinski definition) is 5. The molecule has 0 saturated carbocycles. The SMILES string of the molecule is CCC(O)c1csc2c(NCc3ccccc3)c(C(=O)N3CCC(c4ccccc4)CC3)cnc12. The number of fused-ring (bicyclic) bond motifs is 1. The smallest absolute Gasteiger partial charge is 0.257 e. The van der Waals surface area contributed by atoms with Crippen molar-refractivity contribution in [1.82, 2.24) is 9.88 Å². The molecule has 1 amide bonds. The molecule has 0 spiro atoms. The van der Waals surface area contributed by atoms with E-state index in [-0.39, 0.29) is 5.91 Å². The summed E-state index contributed by atoms with van der Waals surface area (Å²) < 4.78 is 0.924. The lowest BCUT2D eigenvalue weighted by Gasteiger charge is -2.32. The molecule has 5 rings (SSSR count). The molecule has 0 radical (unpaired) electrons. The fraction of sp³-hybridized carbons (Fsp3) is 0.310. The van der Waals surface area contributed by atoms with Gasteiger partial charge in [-0.05, 0) is 41.7 Å². The molecule has 6 heteroatoms. The number of piperidine rings is 1. The molecule has 1 saturated heterocycles. The van der Waals surface area contributed by atoms with E-state index in [1.165, 1.54) is 16.9 Å². The molecule has 1 aliphatic heterocycles. The Hall–Kier alpha value is -3.22. The highest BCUT2D eigenvalue weighted by molar-refractivity contribution is 7.18. The molecule has 0 bridgehead atoms. The second-order valence-electron chi connectivity index (χ2n) is 9.16. The van der Waals surface area contributed by atoms with Crippen LogP contribution in [0.25, 0.3) is 10.2 Å². The summed E-state index contributed by atoms with van der Waals surface area (Å²) in [6.07, 6.45) is 3.68. The summed E-state index contributed by atoms with van der Waals surface area (Å²) in [5.74, 6) is 0.513. The number of nitrogens with one attached hydrogen (secondary N) is 1. The van der Waals surface area contributed by atoms with Crippen LogP contribution in [0.1, 0.15) is 65.3 Å². The molecule has 180 valence electrons. The molecule has 2 aromatic carbocycles. The number of likely N-dealkylation sites (tertiary alicyclic amines) is 1. The van der Waals surface area contributed by atoms with Crippen LogP contribution in [0.15, 0.2) is 72.2 Å². The molecule has 1 fully saturated rings. The molecule has 0 aliphatic carbocycles. The zero-order valence-electron chi connectivity index (χ0n) is 20.0. The Labute approximate surface area is 210 Å². The average Bonchev–Trinajstić information content (AvgIpc) is 3.36. The predicted molar refractivity (Wildman–Crippen MR) is 143 cm³/mol. The van der Waals surface area contributed by atoms with Crippen molar-refractivity contribution in [3.05, 3.63) is 94.5 Å². The van der Waals surface area contributed by atoms with Crippen molar-refractivity contribution in [2.75, 3.05) is 18.4 Å². The Bertz CT molecular complexity index is 1280. The lowest BCUT2D eigenvalue weighted by atomic mass is 9.89. The number of carbonyl (C=O) groups is 1. The highest BCUT2D eigenvalue weighted by Crippen LogP contribution is 2.38. The molecule has 5 nitrogen and oxygen atoms in total. The molecule has 2 N–H and O–H groups in total. The number of aromatic nitrogens is 1. The largest absolute Gasteiger partial charge is 0.388 e. The number of thiophene rings is 1. The third-order valence-electron chi connectivity index (χ3n) is 6.95. The number of benzene rings is 2.